The van der Waals surface area contributed by atoms with Crippen molar-refractivity contribution in [2.75, 3.05) is 0 Å². The van der Waals surface area contributed by atoms with Gasteiger partial charge in [-0.05, 0) is 22.6 Å². The van der Waals surface area contributed by atoms with E-state index in [1.54, 1.807) is 18.0 Å². The standard InChI is InChI=1S/C13H9N5OS/c1-2-6-11-10(5-1)12-14-16-17-18(12)15-13(11)20-8-9-4-3-7-19-9/h1-7H,8H2. The molecule has 0 atom stereocenters. The molecule has 0 saturated carbocycles. The number of furan rings is 1. The first-order chi connectivity index (χ1) is 9.92. The fourth-order valence-corrected chi connectivity index (χ4v) is 2.97. The van der Waals surface area contributed by atoms with E-state index >= 15 is 0 Å². The van der Waals surface area contributed by atoms with Gasteiger partial charge in [-0.3, -0.25) is 0 Å². The monoisotopic (exact) mass is 283 g/mol. The summed E-state index contributed by atoms with van der Waals surface area (Å²) in [4.78, 5) is 0. The van der Waals surface area contributed by atoms with Crippen molar-refractivity contribution in [1.29, 1.82) is 0 Å². The molecule has 0 N–H and O–H groups in total. The summed E-state index contributed by atoms with van der Waals surface area (Å²) in [7, 11) is 0. The molecule has 0 aliphatic heterocycles. The first-order valence-electron chi connectivity index (χ1n) is 6.04. The van der Waals surface area contributed by atoms with Gasteiger partial charge in [0, 0.05) is 10.8 Å². The second-order valence-electron chi connectivity index (χ2n) is 4.21. The van der Waals surface area contributed by atoms with E-state index in [2.05, 4.69) is 20.6 Å². The van der Waals surface area contributed by atoms with Crippen molar-refractivity contribution in [2.24, 2.45) is 0 Å². The van der Waals surface area contributed by atoms with Crippen LogP contribution in [0.25, 0.3) is 16.4 Å². The summed E-state index contributed by atoms with van der Waals surface area (Å²) in [6.45, 7) is 0. The second kappa shape index (κ2) is 4.61. The fourth-order valence-electron chi connectivity index (χ4n) is 2.06. The molecule has 0 aliphatic carbocycles. The highest BCUT2D eigenvalue weighted by Gasteiger charge is 2.11. The van der Waals surface area contributed by atoms with Crippen molar-refractivity contribution in [2.45, 2.75) is 10.8 Å². The quantitative estimate of drug-likeness (QED) is 0.538. The summed E-state index contributed by atoms with van der Waals surface area (Å²) in [6.07, 6.45) is 1.67. The second-order valence-corrected chi connectivity index (χ2v) is 5.17. The van der Waals surface area contributed by atoms with Crippen molar-refractivity contribution in [3.8, 4) is 0 Å². The van der Waals surface area contributed by atoms with E-state index in [1.807, 2.05) is 36.4 Å². The van der Waals surface area contributed by atoms with Gasteiger partial charge in [0.2, 0.25) is 5.65 Å². The Morgan fingerprint density at radius 1 is 1.10 bits per heavy atom. The van der Waals surface area contributed by atoms with Gasteiger partial charge in [-0.15, -0.1) is 14.8 Å². The predicted octanol–water partition coefficient (Wildman–Crippen LogP) is 2.56. The number of tetrazole rings is 1. The molecule has 0 aliphatic rings. The number of hydrogen-bond acceptors (Lipinski definition) is 6. The minimum absolute atomic E-state index is 0.669. The molecule has 3 aromatic heterocycles. The lowest BCUT2D eigenvalue weighted by Crippen LogP contribution is -1.98. The Bertz CT molecular complexity index is 871. The molecular weight excluding hydrogens is 274 g/mol. The molecular formula is C13H9N5OS. The number of aromatic nitrogens is 5. The molecule has 1 aromatic carbocycles. The van der Waals surface area contributed by atoms with Crippen LogP contribution in [0, 0.1) is 0 Å². The normalized spacial score (nSPS) is 11.4. The van der Waals surface area contributed by atoms with E-state index in [0.717, 1.165) is 27.3 Å². The van der Waals surface area contributed by atoms with Crippen molar-refractivity contribution in [3.05, 3.63) is 48.4 Å². The molecule has 4 aromatic rings. The molecule has 0 bridgehead atoms. The lowest BCUT2D eigenvalue weighted by Gasteiger charge is -2.04. The highest BCUT2D eigenvalue weighted by Crippen LogP contribution is 2.29. The maximum Gasteiger partial charge on any atom is 0.207 e. The summed E-state index contributed by atoms with van der Waals surface area (Å²) < 4.78 is 6.81. The molecule has 0 spiro atoms. The number of nitrogens with zero attached hydrogens (tertiary/aromatic N) is 5. The summed E-state index contributed by atoms with van der Waals surface area (Å²) in [5.74, 6) is 1.63. The molecule has 0 unspecified atom stereocenters. The van der Waals surface area contributed by atoms with Crippen LogP contribution in [0.5, 0.6) is 0 Å². The van der Waals surface area contributed by atoms with Crippen LogP contribution in [0.1, 0.15) is 5.76 Å². The number of hydrogen-bond donors (Lipinski definition) is 0. The van der Waals surface area contributed by atoms with Gasteiger partial charge < -0.3 is 4.42 Å². The van der Waals surface area contributed by atoms with Crippen molar-refractivity contribution < 1.29 is 4.42 Å². The minimum atomic E-state index is 0.669. The number of thioether (sulfide) groups is 1. The molecule has 6 nitrogen and oxygen atoms in total. The molecule has 98 valence electrons. The molecule has 4 rings (SSSR count). The van der Waals surface area contributed by atoms with E-state index in [0.29, 0.717) is 5.65 Å². The Labute approximate surface area is 117 Å². The molecule has 7 heteroatoms. The van der Waals surface area contributed by atoms with Gasteiger partial charge in [0.15, 0.2) is 0 Å². The van der Waals surface area contributed by atoms with Crippen LogP contribution in [0.4, 0.5) is 0 Å². The van der Waals surface area contributed by atoms with Crippen LogP contribution in [0.3, 0.4) is 0 Å². The fraction of sp³-hybridized carbons (Fsp3) is 0.0769. The summed E-state index contributed by atoms with van der Waals surface area (Å²) in [5.41, 5.74) is 0.669. The average molecular weight is 283 g/mol. The number of fused-ring (bicyclic) bond motifs is 3. The Kier molecular flexibility index (Phi) is 2.63. The van der Waals surface area contributed by atoms with E-state index < -0.39 is 0 Å². The van der Waals surface area contributed by atoms with Gasteiger partial charge in [-0.25, -0.2) is 0 Å². The Morgan fingerprint density at radius 2 is 2.00 bits per heavy atom. The Hall–Kier alpha value is -2.41. The maximum absolute atomic E-state index is 5.34. The van der Waals surface area contributed by atoms with Crippen LogP contribution >= 0.6 is 11.8 Å². The van der Waals surface area contributed by atoms with Crippen LogP contribution in [-0.2, 0) is 5.75 Å². The van der Waals surface area contributed by atoms with Crippen LogP contribution in [-0.4, -0.2) is 25.3 Å². The van der Waals surface area contributed by atoms with Gasteiger partial charge in [0.1, 0.15) is 10.8 Å². The molecule has 3 heterocycles. The smallest absolute Gasteiger partial charge is 0.207 e. The van der Waals surface area contributed by atoms with Crippen molar-refractivity contribution >= 4 is 28.2 Å². The van der Waals surface area contributed by atoms with E-state index in [4.69, 9.17) is 4.42 Å². The lowest BCUT2D eigenvalue weighted by atomic mass is 10.2. The topological polar surface area (TPSA) is 69.1 Å². The first kappa shape index (κ1) is 11.4. The molecule has 0 fully saturated rings. The molecule has 0 radical (unpaired) electrons. The third-order valence-electron chi connectivity index (χ3n) is 2.97. The van der Waals surface area contributed by atoms with Gasteiger partial charge in [0.25, 0.3) is 0 Å². The Balaban J connectivity index is 1.83. The van der Waals surface area contributed by atoms with Crippen molar-refractivity contribution in [1.82, 2.24) is 25.3 Å². The molecule has 0 amide bonds. The SMILES string of the molecule is c1coc(CSc2nn3nnnc3c3ccccc23)c1. The highest BCUT2D eigenvalue weighted by molar-refractivity contribution is 7.98. The average Bonchev–Trinajstić information content (AvgIpc) is 3.16. The Morgan fingerprint density at radius 3 is 2.85 bits per heavy atom. The largest absolute Gasteiger partial charge is 0.468 e. The third kappa shape index (κ3) is 1.83. The van der Waals surface area contributed by atoms with E-state index in [-0.39, 0.29) is 0 Å². The number of rotatable bonds is 3. The third-order valence-corrected chi connectivity index (χ3v) is 3.97. The van der Waals surface area contributed by atoms with Crippen molar-refractivity contribution in [3.63, 3.8) is 0 Å². The minimum Gasteiger partial charge on any atom is -0.468 e. The zero-order chi connectivity index (χ0) is 13.4. The summed E-state index contributed by atoms with van der Waals surface area (Å²) in [6, 6.07) is 11.8. The van der Waals surface area contributed by atoms with Crippen LogP contribution in [0.2, 0.25) is 0 Å². The highest BCUT2D eigenvalue weighted by atomic mass is 32.2. The van der Waals surface area contributed by atoms with E-state index in [9.17, 15) is 0 Å². The van der Waals surface area contributed by atoms with Crippen LogP contribution < -0.4 is 0 Å². The maximum atomic E-state index is 5.34. The van der Waals surface area contributed by atoms with Gasteiger partial charge >= 0.3 is 0 Å². The molecule has 20 heavy (non-hydrogen) atoms. The van der Waals surface area contributed by atoms with Gasteiger partial charge in [-0.1, -0.05) is 36.0 Å². The predicted molar refractivity (Wildman–Crippen MR) is 74.4 cm³/mol. The zero-order valence-electron chi connectivity index (χ0n) is 10.3. The summed E-state index contributed by atoms with van der Waals surface area (Å²) in [5, 5.41) is 19.0. The zero-order valence-corrected chi connectivity index (χ0v) is 11.1. The van der Waals surface area contributed by atoms with E-state index in [1.165, 1.54) is 4.63 Å². The molecule has 0 saturated heterocycles. The number of benzene rings is 1. The lowest BCUT2D eigenvalue weighted by molar-refractivity contribution is 0.530. The van der Waals surface area contributed by atoms with Gasteiger partial charge in [0.05, 0.1) is 12.0 Å². The first-order valence-corrected chi connectivity index (χ1v) is 7.03. The van der Waals surface area contributed by atoms with Crippen LogP contribution in [0.15, 0.2) is 52.1 Å². The summed E-state index contributed by atoms with van der Waals surface area (Å²) >= 11 is 1.60. The van der Waals surface area contributed by atoms with Gasteiger partial charge in [-0.2, -0.15) is 0 Å².